The first kappa shape index (κ1) is 7.46. The second-order valence-corrected chi connectivity index (χ2v) is 1.92. The maximum absolute atomic E-state index is 10.3. The van der Waals surface area contributed by atoms with Gasteiger partial charge in [0, 0.05) is 6.20 Å². The lowest BCUT2D eigenvalue weighted by molar-refractivity contribution is -0.114. The summed E-state index contributed by atoms with van der Waals surface area (Å²) < 4.78 is 0. The molecule has 0 unspecified atom stereocenters. The number of nitrogens with zero attached hydrogens (tertiary/aromatic N) is 2. The van der Waals surface area contributed by atoms with Gasteiger partial charge in [0.25, 0.3) is 0 Å². The maximum atomic E-state index is 10.3. The quantitative estimate of drug-likeness (QED) is 0.572. The van der Waals surface area contributed by atoms with Crippen LogP contribution in [0.3, 0.4) is 0 Å². The van der Waals surface area contributed by atoms with Gasteiger partial charge in [-0.1, -0.05) is 0 Å². The van der Waals surface area contributed by atoms with Crippen LogP contribution >= 0.6 is 0 Å². The van der Waals surface area contributed by atoms with Gasteiger partial charge in [0.2, 0.25) is 5.91 Å². The molecule has 1 radical (unpaired) electrons. The van der Waals surface area contributed by atoms with Gasteiger partial charge < -0.3 is 11.5 Å². The van der Waals surface area contributed by atoms with Crippen molar-refractivity contribution in [1.29, 1.82) is 0 Å². The fraction of sp³-hybridized carbons (Fsp3) is 0. The zero-order valence-corrected chi connectivity index (χ0v) is 5.69. The van der Waals surface area contributed by atoms with E-state index in [0.29, 0.717) is 5.69 Å². The second kappa shape index (κ2) is 2.96. The Kier molecular flexibility index (Phi) is 2.00. The van der Waals surface area contributed by atoms with E-state index in [4.69, 9.17) is 11.5 Å². The summed E-state index contributed by atoms with van der Waals surface area (Å²) in [5.74, 6) is -0.301. The highest BCUT2D eigenvalue weighted by molar-refractivity contribution is 5.86. The van der Waals surface area contributed by atoms with Crippen LogP contribution in [0.2, 0.25) is 0 Å². The van der Waals surface area contributed by atoms with E-state index in [1.807, 2.05) is 0 Å². The summed E-state index contributed by atoms with van der Waals surface area (Å²) in [6.07, 6.45) is 3.95. The van der Waals surface area contributed by atoms with Crippen molar-refractivity contribution >= 4 is 11.7 Å². The van der Waals surface area contributed by atoms with Crippen LogP contribution < -0.4 is 11.5 Å². The third-order valence-corrected chi connectivity index (χ3v) is 0.962. The topological polar surface area (TPSA) is 94.9 Å². The predicted molar refractivity (Wildman–Crippen MR) is 39.0 cm³/mol. The van der Waals surface area contributed by atoms with Gasteiger partial charge in [-0.05, 0) is 0 Å². The minimum atomic E-state index is -0.565. The number of hydrogen-bond acceptors (Lipinski definition) is 4. The number of nitrogens with two attached hydrogens (primary N) is 2. The molecular formula is C6H7N4O. The first-order chi connectivity index (χ1) is 5.18. The molecule has 1 rings (SSSR count). The normalized spacial score (nSPS) is 9.45. The van der Waals surface area contributed by atoms with Gasteiger partial charge in [-0.2, -0.15) is 0 Å². The SMILES string of the molecule is NC(=O)[CH]c1cncc(N)n1. The predicted octanol–water partition coefficient (Wildman–Crippen LogP) is -0.904. The Morgan fingerprint density at radius 3 is 2.82 bits per heavy atom. The fourth-order valence-corrected chi connectivity index (χ4v) is 0.612. The molecule has 0 aliphatic carbocycles. The molecule has 5 heteroatoms. The van der Waals surface area contributed by atoms with Gasteiger partial charge in [0.15, 0.2) is 0 Å². The van der Waals surface area contributed by atoms with Crippen molar-refractivity contribution in [3.8, 4) is 0 Å². The molecule has 0 saturated carbocycles. The lowest BCUT2D eigenvalue weighted by Crippen LogP contribution is -2.12. The smallest absolute Gasteiger partial charge is 0.227 e. The summed E-state index contributed by atoms with van der Waals surface area (Å²) >= 11 is 0. The zero-order valence-electron chi connectivity index (χ0n) is 5.69. The first-order valence-corrected chi connectivity index (χ1v) is 2.90. The van der Waals surface area contributed by atoms with E-state index in [0.717, 1.165) is 6.42 Å². The van der Waals surface area contributed by atoms with Gasteiger partial charge >= 0.3 is 0 Å². The molecule has 1 aromatic rings. The molecule has 11 heavy (non-hydrogen) atoms. The van der Waals surface area contributed by atoms with Gasteiger partial charge in [-0.15, -0.1) is 0 Å². The Hall–Kier alpha value is -1.65. The average Bonchev–Trinajstić information content (AvgIpc) is 1.85. The number of rotatable bonds is 2. The van der Waals surface area contributed by atoms with Gasteiger partial charge in [-0.3, -0.25) is 9.78 Å². The summed E-state index contributed by atoms with van der Waals surface area (Å²) in [6, 6.07) is 0. The van der Waals surface area contributed by atoms with Crippen molar-refractivity contribution in [3.63, 3.8) is 0 Å². The van der Waals surface area contributed by atoms with E-state index in [2.05, 4.69) is 9.97 Å². The lowest BCUT2D eigenvalue weighted by atomic mass is 10.3. The Bertz CT molecular complexity index is 273. The average molecular weight is 151 g/mol. The Labute approximate surface area is 63.4 Å². The van der Waals surface area contributed by atoms with E-state index in [9.17, 15) is 4.79 Å². The standard InChI is InChI=1S/C6H7N4O/c7-5-3-9-2-4(10-5)1-6(8)11/h1-3H,(H2,7,10)(H2,8,11). The van der Waals surface area contributed by atoms with Crippen LogP contribution in [0.4, 0.5) is 5.82 Å². The molecule has 1 heterocycles. The number of anilines is 1. The summed E-state index contributed by atoms with van der Waals surface area (Å²) in [7, 11) is 0. The first-order valence-electron chi connectivity index (χ1n) is 2.90. The van der Waals surface area contributed by atoms with E-state index in [-0.39, 0.29) is 5.82 Å². The van der Waals surface area contributed by atoms with Gasteiger partial charge in [-0.25, -0.2) is 4.98 Å². The highest BCUT2D eigenvalue weighted by Crippen LogP contribution is 1.98. The van der Waals surface area contributed by atoms with Crippen molar-refractivity contribution in [2.45, 2.75) is 0 Å². The van der Waals surface area contributed by atoms with Crippen LogP contribution in [0.5, 0.6) is 0 Å². The molecule has 4 N–H and O–H groups in total. The lowest BCUT2D eigenvalue weighted by Gasteiger charge is -1.95. The van der Waals surface area contributed by atoms with Crippen LogP contribution in [0, 0.1) is 6.42 Å². The molecular weight excluding hydrogens is 144 g/mol. The molecule has 0 saturated heterocycles. The summed E-state index contributed by atoms with van der Waals surface area (Å²) in [5, 5.41) is 0. The number of aromatic nitrogens is 2. The number of carbonyl (C=O) groups excluding carboxylic acids is 1. The number of amides is 1. The third kappa shape index (κ3) is 2.21. The van der Waals surface area contributed by atoms with Gasteiger partial charge in [0.05, 0.1) is 18.3 Å². The monoisotopic (exact) mass is 151 g/mol. The van der Waals surface area contributed by atoms with E-state index in [1.54, 1.807) is 0 Å². The largest absolute Gasteiger partial charge is 0.382 e. The van der Waals surface area contributed by atoms with Crippen molar-refractivity contribution < 1.29 is 4.79 Å². The summed E-state index contributed by atoms with van der Waals surface area (Å²) in [6.45, 7) is 0. The number of primary amides is 1. The highest BCUT2D eigenvalue weighted by atomic mass is 16.1. The van der Waals surface area contributed by atoms with E-state index in [1.165, 1.54) is 12.4 Å². The van der Waals surface area contributed by atoms with Crippen LogP contribution in [-0.2, 0) is 4.79 Å². The second-order valence-electron chi connectivity index (χ2n) is 1.92. The molecule has 5 nitrogen and oxygen atoms in total. The minimum Gasteiger partial charge on any atom is -0.382 e. The van der Waals surface area contributed by atoms with Crippen molar-refractivity contribution in [1.82, 2.24) is 9.97 Å². The summed E-state index contributed by atoms with van der Waals surface area (Å²) in [5.41, 5.74) is 10.5. The van der Waals surface area contributed by atoms with Crippen molar-refractivity contribution in [2.24, 2.45) is 5.73 Å². The molecule has 0 fully saturated rings. The van der Waals surface area contributed by atoms with Crippen LogP contribution in [0.25, 0.3) is 0 Å². The molecule has 57 valence electrons. The molecule has 0 aromatic carbocycles. The van der Waals surface area contributed by atoms with Crippen molar-refractivity contribution in [3.05, 3.63) is 24.5 Å². The number of carbonyl (C=O) groups is 1. The van der Waals surface area contributed by atoms with Crippen molar-refractivity contribution in [2.75, 3.05) is 5.73 Å². The van der Waals surface area contributed by atoms with Gasteiger partial charge in [0.1, 0.15) is 5.82 Å². The summed E-state index contributed by atoms with van der Waals surface area (Å²) in [4.78, 5) is 17.8. The molecule has 1 amide bonds. The number of hydrogen-bond donors (Lipinski definition) is 2. The Morgan fingerprint density at radius 1 is 1.55 bits per heavy atom. The molecule has 1 aromatic heterocycles. The van der Waals surface area contributed by atoms with Crippen LogP contribution in [0.15, 0.2) is 12.4 Å². The molecule has 0 bridgehead atoms. The highest BCUT2D eigenvalue weighted by Gasteiger charge is 2.00. The Balaban J connectivity index is 2.79. The maximum Gasteiger partial charge on any atom is 0.227 e. The van der Waals surface area contributed by atoms with Crippen LogP contribution in [0.1, 0.15) is 5.69 Å². The molecule has 0 aliphatic rings. The number of nitrogen functional groups attached to an aromatic ring is 1. The van der Waals surface area contributed by atoms with E-state index >= 15 is 0 Å². The fourth-order valence-electron chi connectivity index (χ4n) is 0.612. The molecule has 0 atom stereocenters. The zero-order chi connectivity index (χ0) is 8.27. The minimum absolute atomic E-state index is 0.264. The van der Waals surface area contributed by atoms with Crippen LogP contribution in [-0.4, -0.2) is 15.9 Å². The van der Waals surface area contributed by atoms with E-state index < -0.39 is 5.91 Å². The Morgan fingerprint density at radius 2 is 2.27 bits per heavy atom. The third-order valence-electron chi connectivity index (χ3n) is 0.962. The molecule has 0 spiro atoms. The molecule has 0 aliphatic heterocycles.